The van der Waals surface area contributed by atoms with Gasteiger partial charge in [0, 0.05) is 35.4 Å². The van der Waals surface area contributed by atoms with Gasteiger partial charge < -0.3 is 9.64 Å². The molecule has 1 fully saturated rings. The Morgan fingerprint density at radius 1 is 1.36 bits per heavy atom. The van der Waals surface area contributed by atoms with Crippen molar-refractivity contribution in [2.24, 2.45) is 5.92 Å². The SMILES string of the molecule is CC(C)(C)OC(=O)C1CCN(c2cc(Cl)ccc2/C=C/[N+](=O)[O-])CC1. The molecule has 7 heteroatoms. The molecule has 25 heavy (non-hydrogen) atoms. The number of hydrogen-bond acceptors (Lipinski definition) is 5. The minimum absolute atomic E-state index is 0.118. The number of benzene rings is 1. The highest BCUT2D eigenvalue weighted by Gasteiger charge is 2.29. The van der Waals surface area contributed by atoms with Crippen LogP contribution in [0.5, 0.6) is 0 Å². The van der Waals surface area contributed by atoms with Crippen molar-refractivity contribution < 1.29 is 14.5 Å². The highest BCUT2D eigenvalue weighted by Crippen LogP contribution is 2.30. The molecular weight excluding hydrogens is 344 g/mol. The number of carbonyl (C=O) groups excluding carboxylic acids is 1. The monoisotopic (exact) mass is 366 g/mol. The molecule has 6 nitrogen and oxygen atoms in total. The van der Waals surface area contributed by atoms with Crippen LogP contribution < -0.4 is 4.90 Å². The van der Waals surface area contributed by atoms with Gasteiger partial charge in [-0.05, 0) is 45.7 Å². The van der Waals surface area contributed by atoms with Crippen molar-refractivity contribution >= 4 is 29.3 Å². The Morgan fingerprint density at radius 2 is 2.00 bits per heavy atom. The molecule has 1 heterocycles. The summed E-state index contributed by atoms with van der Waals surface area (Å²) < 4.78 is 5.46. The first-order chi connectivity index (χ1) is 11.7. The molecule has 0 saturated carbocycles. The molecule has 136 valence electrons. The molecule has 2 rings (SSSR count). The van der Waals surface area contributed by atoms with Crippen molar-refractivity contribution in [2.45, 2.75) is 39.2 Å². The third-order valence-electron chi connectivity index (χ3n) is 3.94. The number of halogens is 1. The summed E-state index contributed by atoms with van der Waals surface area (Å²) in [6, 6.07) is 5.27. The van der Waals surface area contributed by atoms with Gasteiger partial charge in [0.05, 0.1) is 10.8 Å². The molecule has 0 atom stereocenters. The van der Waals surface area contributed by atoms with E-state index in [2.05, 4.69) is 4.90 Å². The lowest BCUT2D eigenvalue weighted by Crippen LogP contribution is -2.39. The van der Waals surface area contributed by atoms with E-state index in [1.165, 1.54) is 6.08 Å². The van der Waals surface area contributed by atoms with Crippen molar-refractivity contribution in [3.63, 3.8) is 0 Å². The molecular formula is C18H23ClN2O4. The van der Waals surface area contributed by atoms with Crippen molar-refractivity contribution in [1.29, 1.82) is 0 Å². The van der Waals surface area contributed by atoms with Crippen LogP contribution in [-0.2, 0) is 9.53 Å². The topological polar surface area (TPSA) is 72.7 Å². The molecule has 0 radical (unpaired) electrons. The van der Waals surface area contributed by atoms with Gasteiger partial charge in [-0.25, -0.2) is 0 Å². The van der Waals surface area contributed by atoms with Crippen LogP contribution in [0.25, 0.3) is 6.08 Å². The normalized spacial score (nSPS) is 16.2. The van der Waals surface area contributed by atoms with E-state index in [1.54, 1.807) is 18.2 Å². The number of ether oxygens (including phenoxy) is 1. The lowest BCUT2D eigenvalue weighted by molar-refractivity contribution is -0.400. The number of carbonyl (C=O) groups is 1. The smallest absolute Gasteiger partial charge is 0.309 e. The summed E-state index contributed by atoms with van der Waals surface area (Å²) in [5.41, 5.74) is 1.09. The maximum absolute atomic E-state index is 12.2. The zero-order chi connectivity index (χ0) is 18.6. The number of esters is 1. The predicted molar refractivity (Wildman–Crippen MR) is 98.3 cm³/mol. The van der Waals surface area contributed by atoms with E-state index in [0.29, 0.717) is 31.0 Å². The first-order valence-electron chi connectivity index (χ1n) is 8.25. The molecule has 0 aliphatic carbocycles. The van der Waals surface area contributed by atoms with E-state index in [-0.39, 0.29) is 11.9 Å². The van der Waals surface area contributed by atoms with Crippen LogP contribution in [0.3, 0.4) is 0 Å². The van der Waals surface area contributed by atoms with Gasteiger partial charge in [0.15, 0.2) is 0 Å². The summed E-state index contributed by atoms with van der Waals surface area (Å²) in [4.78, 5) is 24.4. The molecule has 1 aliphatic rings. The van der Waals surface area contributed by atoms with Gasteiger partial charge in [0.2, 0.25) is 6.20 Å². The van der Waals surface area contributed by atoms with Gasteiger partial charge in [-0.2, -0.15) is 0 Å². The van der Waals surface area contributed by atoms with Crippen LogP contribution in [0, 0.1) is 16.0 Å². The first-order valence-corrected chi connectivity index (χ1v) is 8.62. The second kappa shape index (κ2) is 7.87. The first kappa shape index (κ1) is 19.2. The number of nitrogens with zero attached hydrogens (tertiary/aromatic N) is 2. The lowest BCUT2D eigenvalue weighted by Gasteiger charge is -2.34. The number of hydrogen-bond donors (Lipinski definition) is 0. The van der Waals surface area contributed by atoms with Crippen molar-refractivity contribution in [3.8, 4) is 0 Å². The van der Waals surface area contributed by atoms with Crippen molar-refractivity contribution in [2.75, 3.05) is 18.0 Å². The van der Waals surface area contributed by atoms with Crippen LogP contribution in [0.15, 0.2) is 24.4 Å². The standard InChI is InChI=1S/C18H23ClN2O4/c1-18(2,3)25-17(22)14-6-9-20(10-7-14)16-12-15(19)5-4-13(16)8-11-21(23)24/h4-5,8,11-12,14H,6-7,9-10H2,1-3H3/b11-8+. The number of rotatable bonds is 4. The zero-order valence-corrected chi connectivity index (χ0v) is 15.5. The fourth-order valence-corrected chi connectivity index (χ4v) is 2.98. The van der Waals surface area contributed by atoms with Crippen LogP contribution >= 0.6 is 11.6 Å². The van der Waals surface area contributed by atoms with Crippen LogP contribution in [0.1, 0.15) is 39.2 Å². The summed E-state index contributed by atoms with van der Waals surface area (Å²) in [5.74, 6) is -0.279. The molecule has 0 N–H and O–H groups in total. The Kier molecular flexibility index (Phi) is 6.06. The second-order valence-corrected chi connectivity index (χ2v) is 7.54. The third-order valence-corrected chi connectivity index (χ3v) is 4.18. The fraction of sp³-hybridized carbons (Fsp3) is 0.500. The molecule has 1 saturated heterocycles. The third kappa shape index (κ3) is 5.74. The largest absolute Gasteiger partial charge is 0.460 e. The Balaban J connectivity index is 2.09. The van der Waals surface area contributed by atoms with E-state index >= 15 is 0 Å². The van der Waals surface area contributed by atoms with Crippen LogP contribution in [-0.4, -0.2) is 29.6 Å². The minimum Gasteiger partial charge on any atom is -0.460 e. The molecule has 0 amide bonds. The summed E-state index contributed by atoms with van der Waals surface area (Å²) in [6.07, 6.45) is 3.74. The number of nitro groups is 1. The minimum atomic E-state index is -0.493. The summed E-state index contributed by atoms with van der Waals surface area (Å²) >= 11 is 6.09. The quantitative estimate of drug-likeness (QED) is 0.454. The Bertz CT molecular complexity index is 674. The van der Waals surface area contributed by atoms with Gasteiger partial charge in [0.1, 0.15) is 5.60 Å². The Morgan fingerprint density at radius 3 is 2.56 bits per heavy atom. The maximum Gasteiger partial charge on any atom is 0.309 e. The average molecular weight is 367 g/mol. The zero-order valence-electron chi connectivity index (χ0n) is 14.7. The van der Waals surface area contributed by atoms with Crippen molar-refractivity contribution in [1.82, 2.24) is 0 Å². The lowest BCUT2D eigenvalue weighted by atomic mass is 9.95. The fourth-order valence-electron chi connectivity index (χ4n) is 2.81. The van der Waals surface area contributed by atoms with E-state index in [0.717, 1.165) is 17.5 Å². The Hall–Kier alpha value is -2.08. The van der Waals surface area contributed by atoms with Gasteiger partial charge in [-0.15, -0.1) is 0 Å². The second-order valence-electron chi connectivity index (χ2n) is 7.10. The number of piperidine rings is 1. The molecule has 0 bridgehead atoms. The molecule has 0 aromatic heterocycles. The maximum atomic E-state index is 12.2. The van der Waals surface area contributed by atoms with E-state index < -0.39 is 10.5 Å². The average Bonchev–Trinajstić information content (AvgIpc) is 2.52. The molecule has 0 unspecified atom stereocenters. The number of anilines is 1. The highest BCUT2D eigenvalue weighted by atomic mass is 35.5. The van der Waals surface area contributed by atoms with Crippen LogP contribution in [0.2, 0.25) is 5.02 Å². The van der Waals surface area contributed by atoms with Gasteiger partial charge in [-0.1, -0.05) is 17.7 Å². The van der Waals surface area contributed by atoms with E-state index in [1.807, 2.05) is 20.8 Å². The van der Waals surface area contributed by atoms with E-state index in [4.69, 9.17) is 16.3 Å². The molecule has 1 aliphatic heterocycles. The summed E-state index contributed by atoms with van der Waals surface area (Å²) in [5, 5.41) is 11.2. The van der Waals surface area contributed by atoms with Crippen LogP contribution in [0.4, 0.5) is 5.69 Å². The molecule has 1 aromatic carbocycles. The summed E-state index contributed by atoms with van der Waals surface area (Å²) in [6.45, 7) is 6.92. The summed E-state index contributed by atoms with van der Waals surface area (Å²) in [7, 11) is 0. The molecule has 1 aromatic rings. The molecule has 0 spiro atoms. The van der Waals surface area contributed by atoms with Crippen molar-refractivity contribution in [3.05, 3.63) is 45.1 Å². The van der Waals surface area contributed by atoms with E-state index in [9.17, 15) is 14.9 Å². The highest BCUT2D eigenvalue weighted by molar-refractivity contribution is 6.31. The van der Waals surface area contributed by atoms with Gasteiger partial charge in [-0.3, -0.25) is 14.9 Å². The Labute approximate surface area is 152 Å². The van der Waals surface area contributed by atoms with Gasteiger partial charge >= 0.3 is 5.97 Å². The van der Waals surface area contributed by atoms with Gasteiger partial charge in [0.25, 0.3) is 0 Å². The predicted octanol–water partition coefficient (Wildman–Crippen LogP) is 4.15.